The van der Waals surface area contributed by atoms with Gasteiger partial charge in [-0.2, -0.15) is 0 Å². The maximum atomic E-state index is 9.75. The molecule has 0 aliphatic rings. The third kappa shape index (κ3) is 1990. The molecule has 0 aromatic heterocycles. The van der Waals surface area contributed by atoms with E-state index in [0.29, 0.717) is 0 Å². The highest BCUT2D eigenvalue weighted by molar-refractivity contribution is 6.50. The zero-order valence-corrected chi connectivity index (χ0v) is 4.54. The molecule has 0 rings (SSSR count). The van der Waals surface area contributed by atoms with Gasteiger partial charge in [0.2, 0.25) is 0 Å². The molecule has 52 valence electrons. The van der Waals surface area contributed by atoms with Crippen molar-refractivity contribution in [2.75, 3.05) is 14.2 Å². The topological polar surface area (TPSA) is 12.8 Å². The highest BCUT2D eigenvalue weighted by atomic mass is 19.5. The third-order valence-corrected chi connectivity index (χ3v) is 0. The standard InChI is InChI=1S/C2H6O.BF4/c1-3-2;2-1(3,4)5/h1-2H3;/q;-1/p+1. The van der Waals surface area contributed by atoms with Gasteiger partial charge in [-0.05, 0) is 0 Å². The van der Waals surface area contributed by atoms with Crippen LogP contribution >= 0.6 is 0 Å². The average molecular weight is 134 g/mol. The van der Waals surface area contributed by atoms with Gasteiger partial charge in [0, 0.05) is 0 Å². The summed E-state index contributed by atoms with van der Waals surface area (Å²) in [4.78, 5) is 0. The molecule has 0 atom stereocenters. The zero-order valence-electron chi connectivity index (χ0n) is 4.54. The number of halogens is 4. The SMILES string of the molecule is C[OH+]C.F[B-](F)(F)F. The fourth-order valence-corrected chi connectivity index (χ4v) is 0. The van der Waals surface area contributed by atoms with E-state index in [1.165, 1.54) is 0 Å². The molecule has 0 spiro atoms. The number of rotatable bonds is 0. The summed E-state index contributed by atoms with van der Waals surface area (Å²) >= 11 is 0. The molecule has 6 heteroatoms. The maximum absolute atomic E-state index is 9.75. The first kappa shape index (κ1) is 10.7. The van der Waals surface area contributed by atoms with Gasteiger partial charge in [0.1, 0.15) is 14.2 Å². The molecule has 0 aliphatic heterocycles. The van der Waals surface area contributed by atoms with E-state index in [2.05, 4.69) is 4.74 Å². The van der Waals surface area contributed by atoms with Crippen molar-refractivity contribution in [1.82, 2.24) is 0 Å². The lowest BCUT2D eigenvalue weighted by Gasteiger charge is -1.94. The van der Waals surface area contributed by atoms with Crippen LogP contribution in [0.2, 0.25) is 0 Å². The van der Waals surface area contributed by atoms with Crippen LogP contribution in [0.1, 0.15) is 0 Å². The van der Waals surface area contributed by atoms with Gasteiger partial charge >= 0.3 is 7.25 Å². The first-order chi connectivity index (χ1) is 3.41. The van der Waals surface area contributed by atoms with Gasteiger partial charge in [-0.15, -0.1) is 0 Å². The lowest BCUT2D eigenvalue weighted by molar-refractivity contribution is 0.0768. The van der Waals surface area contributed by atoms with Crippen LogP contribution in [0.5, 0.6) is 0 Å². The Balaban J connectivity index is 0. The van der Waals surface area contributed by atoms with Crippen LogP contribution in [-0.2, 0) is 0 Å². The molecule has 0 unspecified atom stereocenters. The molecule has 0 amide bonds. The Kier molecular flexibility index (Phi) is 6.53. The Bertz CT molecular complexity index is 37.8. The van der Waals surface area contributed by atoms with Gasteiger partial charge in [-0.25, -0.2) is 0 Å². The molecule has 0 aromatic carbocycles. The van der Waals surface area contributed by atoms with E-state index in [4.69, 9.17) is 0 Å². The van der Waals surface area contributed by atoms with Crippen molar-refractivity contribution in [3.8, 4) is 0 Å². The van der Waals surface area contributed by atoms with Gasteiger partial charge in [-0.1, -0.05) is 0 Å². The number of aliphatic hydroxyl groups is 2. The van der Waals surface area contributed by atoms with Crippen molar-refractivity contribution in [2.45, 2.75) is 0 Å². The molecule has 0 fully saturated rings. The maximum Gasteiger partial charge on any atom is 0.673 e. The van der Waals surface area contributed by atoms with Gasteiger partial charge in [0.25, 0.3) is 0 Å². The second kappa shape index (κ2) is 4.89. The van der Waals surface area contributed by atoms with Crippen LogP contribution in [0.15, 0.2) is 0 Å². The molecule has 0 bridgehead atoms. The van der Waals surface area contributed by atoms with Crippen LogP contribution in [0, 0.1) is 0 Å². The Hall–Kier alpha value is -0.255. The third-order valence-electron chi connectivity index (χ3n) is 0. The zero-order chi connectivity index (χ0) is 7.21. The fourth-order valence-electron chi connectivity index (χ4n) is 0. The monoisotopic (exact) mass is 134 g/mol. The largest absolute Gasteiger partial charge is 0.673 e. The van der Waals surface area contributed by atoms with Crippen molar-refractivity contribution in [2.24, 2.45) is 0 Å². The summed E-state index contributed by atoms with van der Waals surface area (Å²) in [6.45, 7) is 0. The first-order valence-corrected chi connectivity index (χ1v) is 1.77. The van der Waals surface area contributed by atoms with Crippen molar-refractivity contribution in [1.29, 1.82) is 0 Å². The van der Waals surface area contributed by atoms with Crippen LogP contribution in [0.25, 0.3) is 0 Å². The van der Waals surface area contributed by atoms with Crippen LogP contribution < -0.4 is 0 Å². The van der Waals surface area contributed by atoms with E-state index in [1.54, 1.807) is 14.2 Å². The van der Waals surface area contributed by atoms with Crippen molar-refractivity contribution in [3.05, 3.63) is 0 Å². The molecule has 0 heterocycles. The first-order valence-electron chi connectivity index (χ1n) is 1.77. The molecule has 0 aliphatic carbocycles. The molecular formula is C2H7BF4O. The Labute approximate surface area is 44.7 Å². The van der Waals surface area contributed by atoms with Gasteiger partial charge in [0.05, 0.1) is 0 Å². The summed E-state index contributed by atoms with van der Waals surface area (Å²) in [7, 11) is -2.50. The Morgan fingerprint density at radius 1 is 1.00 bits per heavy atom. The molecule has 0 radical (unpaired) electrons. The van der Waals surface area contributed by atoms with Gasteiger partial charge in [0.15, 0.2) is 0 Å². The number of hydrogen-bond acceptors (Lipinski definition) is 0. The minimum absolute atomic E-state index is 1.75. The minimum Gasteiger partial charge on any atom is -0.438 e. The summed E-state index contributed by atoms with van der Waals surface area (Å²) in [5.74, 6) is 0. The second-order valence-corrected chi connectivity index (χ2v) is 0.942. The highest BCUT2D eigenvalue weighted by Gasteiger charge is 2.20. The van der Waals surface area contributed by atoms with Gasteiger partial charge in [-0.3, -0.25) is 0 Å². The van der Waals surface area contributed by atoms with Crippen LogP contribution in [0.3, 0.4) is 0 Å². The molecule has 1 nitrogen and oxygen atoms in total. The van der Waals surface area contributed by atoms with Crippen molar-refractivity contribution < 1.29 is 22.0 Å². The molecule has 1 N–H and O–H groups in total. The predicted octanol–water partition coefficient (Wildman–Crippen LogP) is 1.07. The summed E-state index contributed by atoms with van der Waals surface area (Å²) in [5, 5.41) is 0. The Morgan fingerprint density at radius 2 is 1.00 bits per heavy atom. The summed E-state index contributed by atoms with van der Waals surface area (Å²) in [6.07, 6.45) is 0. The summed E-state index contributed by atoms with van der Waals surface area (Å²) < 4.78 is 42.5. The number of hydrogen-bond donors (Lipinski definition) is 0. The quantitative estimate of drug-likeness (QED) is 0.267. The molecular weight excluding hydrogens is 127 g/mol. The van der Waals surface area contributed by atoms with Crippen LogP contribution in [0.4, 0.5) is 17.3 Å². The average Bonchev–Trinajstić information content (AvgIpc) is 1.27. The minimum atomic E-state index is -6.00. The van der Waals surface area contributed by atoms with Crippen LogP contribution in [-0.4, -0.2) is 26.2 Å². The highest BCUT2D eigenvalue weighted by Crippen LogP contribution is 2.06. The lowest BCUT2D eigenvalue weighted by atomic mass is 10.3. The molecule has 8 heavy (non-hydrogen) atoms. The van der Waals surface area contributed by atoms with E-state index in [0.717, 1.165) is 0 Å². The Morgan fingerprint density at radius 3 is 1.00 bits per heavy atom. The second-order valence-electron chi connectivity index (χ2n) is 0.942. The number of ether oxygens (including phenoxy) is 1. The molecule has 0 saturated carbocycles. The molecule has 0 aromatic rings. The van der Waals surface area contributed by atoms with Crippen molar-refractivity contribution >= 4 is 7.25 Å². The van der Waals surface area contributed by atoms with Crippen molar-refractivity contribution in [3.63, 3.8) is 0 Å². The fraction of sp³-hybridized carbons (Fsp3) is 1.00. The van der Waals surface area contributed by atoms with E-state index < -0.39 is 7.25 Å². The van der Waals surface area contributed by atoms with E-state index in [1.807, 2.05) is 0 Å². The normalized spacial score (nSPS) is 9.75. The van der Waals surface area contributed by atoms with E-state index in [-0.39, 0.29) is 0 Å². The van der Waals surface area contributed by atoms with E-state index in [9.17, 15) is 17.3 Å². The molecule has 0 saturated heterocycles. The lowest BCUT2D eigenvalue weighted by Crippen LogP contribution is -2.02. The predicted molar refractivity (Wildman–Crippen MR) is 24.3 cm³/mol. The summed E-state index contributed by atoms with van der Waals surface area (Å²) in [5.41, 5.74) is 0. The summed E-state index contributed by atoms with van der Waals surface area (Å²) in [6, 6.07) is 0. The smallest absolute Gasteiger partial charge is 0.438 e. The van der Waals surface area contributed by atoms with Gasteiger partial charge < -0.3 is 22.0 Å². The van der Waals surface area contributed by atoms with E-state index >= 15 is 0 Å².